The Kier molecular flexibility index (Phi) is 28.5. The summed E-state index contributed by atoms with van der Waals surface area (Å²) in [6.45, 7) is 6.23. The monoisotopic (exact) mass is 1400 g/mol. The third-order valence-corrected chi connectivity index (χ3v) is 18.3. The van der Waals surface area contributed by atoms with E-state index in [0.29, 0.717) is 64.7 Å². The van der Waals surface area contributed by atoms with Gasteiger partial charge < -0.3 is 91.0 Å². The van der Waals surface area contributed by atoms with Crippen molar-refractivity contribution in [3.63, 3.8) is 0 Å². The van der Waals surface area contributed by atoms with E-state index in [0.717, 1.165) is 0 Å². The van der Waals surface area contributed by atoms with Gasteiger partial charge in [0.2, 0.25) is 59.1 Å². The average molecular weight is 1410 g/mol. The number of primary amides is 1. The molecular formula is C71H96N20O11. The van der Waals surface area contributed by atoms with E-state index in [1.165, 1.54) is 22.3 Å². The highest BCUT2D eigenvalue weighted by molar-refractivity contribution is 6.01. The number of rotatable bonds is 26. The number of hydrogen-bond donors (Lipinski definition) is 15. The molecule has 102 heavy (non-hydrogen) atoms. The number of aromatic nitrogens is 3. The van der Waals surface area contributed by atoms with Gasteiger partial charge in [-0.2, -0.15) is 0 Å². The number of nitrogens with zero attached hydrogens (tertiary/aromatic N) is 5. The number of imidazole rings is 1. The Balaban J connectivity index is 1.19. The Bertz CT molecular complexity index is 3800. The summed E-state index contributed by atoms with van der Waals surface area (Å²) < 4.78 is 0. The van der Waals surface area contributed by atoms with Gasteiger partial charge in [-0.15, -0.1) is 0 Å². The second-order valence-electron chi connectivity index (χ2n) is 26.2. The molecule has 0 aliphatic carbocycles. The van der Waals surface area contributed by atoms with Gasteiger partial charge in [-0.05, 0) is 107 Å². The van der Waals surface area contributed by atoms with Crippen LogP contribution in [0.4, 0.5) is 0 Å². The van der Waals surface area contributed by atoms with Crippen LogP contribution in [0.5, 0.6) is 0 Å². The Morgan fingerprint density at radius 1 is 0.588 bits per heavy atom. The van der Waals surface area contributed by atoms with E-state index in [1.54, 1.807) is 98.0 Å². The first-order valence-corrected chi connectivity index (χ1v) is 34.7. The predicted octanol–water partition coefficient (Wildman–Crippen LogP) is -0.598. The number of nitrogens with one attached hydrogen (secondary N) is 10. The summed E-state index contributed by atoms with van der Waals surface area (Å²) in [6, 6.07) is 12.9. The average Bonchev–Trinajstić information content (AvgIpc) is 1.63. The number of aliphatic imine (C=N–C) groups is 2. The Labute approximate surface area is 591 Å². The first-order valence-electron chi connectivity index (χ1n) is 34.7. The fraction of sp³-hybridized carbons (Fsp3) is 0.465. The summed E-state index contributed by atoms with van der Waals surface area (Å²) in [5, 5.41) is 23.5. The molecule has 3 fully saturated rings. The predicted molar refractivity (Wildman–Crippen MR) is 381 cm³/mol. The standard InChI is InChI=1S/C71H96N20O11/c1-42(2)83-50(25-14-30-80-71(75)76)62(95)78-28-12-11-24-51-63(96)89-56(34-44-19-7-4-8-20-44)68(101)91-32-16-27-58(91)69(102)90-31-15-26-57(90)67(100)88-54(37-47-40-77-41-82-47)65(98)85-52(33-43-17-5-3-6-18-43)59(92)36-45(21-13-29-79-70(73)74)61(94)86-53(35-46-39-81-49-23-10-9-22-48(46)49)64(97)87-55(38-60(72)93)66(99)84-51/h3-10,17-20,22-23,39-41,45,50-58,81,83H,1,11-16,21,24-38H2,2H3,(H2,72,93)(H,77,82)(H,78,95)(H,84,99)(H,85,98)(H,86,94)(H,87,97)(H,88,100)(H,89,96)(H4,73,74,79)(H4,75,76,80)/t45-,50+,51+,52-,53+,54+,55+,56+,57+,58-/m1/s1. The van der Waals surface area contributed by atoms with Crippen molar-refractivity contribution in [1.82, 2.24) is 67.3 Å². The molecule has 5 heterocycles. The van der Waals surface area contributed by atoms with Crippen LogP contribution in [0.15, 0.2) is 126 Å². The number of guanidine groups is 2. The van der Waals surface area contributed by atoms with Crippen LogP contribution in [-0.4, -0.2) is 189 Å². The number of amides is 10. The number of aromatic amines is 2. The van der Waals surface area contributed by atoms with Crippen LogP contribution in [0.2, 0.25) is 0 Å². The molecule has 8 rings (SSSR count). The zero-order chi connectivity index (χ0) is 73.2. The van der Waals surface area contributed by atoms with Crippen molar-refractivity contribution < 1.29 is 52.7 Å². The lowest BCUT2D eigenvalue weighted by molar-refractivity contribution is -0.148. The number of fused-ring (bicyclic) bond motifs is 3. The summed E-state index contributed by atoms with van der Waals surface area (Å²) in [5.74, 6) is -9.87. The van der Waals surface area contributed by atoms with E-state index in [9.17, 15) is 14.4 Å². The maximum atomic E-state index is 15.4. The van der Waals surface area contributed by atoms with Gasteiger partial charge in [-0.3, -0.25) is 62.7 Å². The van der Waals surface area contributed by atoms with Crippen molar-refractivity contribution in [2.24, 2.45) is 44.6 Å². The Hall–Kier alpha value is -11.1. The van der Waals surface area contributed by atoms with E-state index in [-0.39, 0.29) is 121 Å². The molecule has 0 spiro atoms. The molecule has 3 aliphatic rings. The molecule has 0 radical (unpaired) electrons. The summed E-state index contributed by atoms with van der Waals surface area (Å²) in [7, 11) is 0. The van der Waals surface area contributed by atoms with Gasteiger partial charge in [0.05, 0.1) is 18.8 Å². The van der Waals surface area contributed by atoms with E-state index in [1.807, 2.05) is 0 Å². The normalized spacial score (nSPS) is 22.5. The lowest BCUT2D eigenvalue weighted by atomic mass is 9.90. The van der Waals surface area contributed by atoms with Crippen LogP contribution in [0.1, 0.15) is 113 Å². The molecule has 2 aromatic heterocycles. The highest BCUT2D eigenvalue weighted by Crippen LogP contribution is 2.28. The molecule has 546 valence electrons. The van der Waals surface area contributed by atoms with Crippen LogP contribution in [0.3, 0.4) is 0 Å². The topological polar surface area (TPSA) is 490 Å². The number of para-hydroxylation sites is 1. The molecule has 3 aliphatic heterocycles. The lowest BCUT2D eigenvalue weighted by Crippen LogP contribution is -2.60. The minimum absolute atomic E-state index is 0.0305. The molecule has 10 amide bonds. The van der Waals surface area contributed by atoms with Gasteiger partial charge in [0.1, 0.15) is 48.3 Å². The number of ketones is 1. The van der Waals surface area contributed by atoms with E-state index < -0.39 is 132 Å². The smallest absolute Gasteiger partial charge is 0.246 e. The van der Waals surface area contributed by atoms with Gasteiger partial charge in [0.25, 0.3) is 0 Å². The van der Waals surface area contributed by atoms with Crippen LogP contribution >= 0.6 is 0 Å². The summed E-state index contributed by atoms with van der Waals surface area (Å²) in [5.41, 5.74) is 31.7. The number of carbonyl (C=O) groups excluding carboxylic acids is 11. The van der Waals surface area contributed by atoms with E-state index in [2.05, 4.69) is 74.0 Å². The molecular weight excluding hydrogens is 1310 g/mol. The van der Waals surface area contributed by atoms with Crippen molar-refractivity contribution in [3.05, 3.63) is 138 Å². The maximum Gasteiger partial charge on any atom is 0.246 e. The van der Waals surface area contributed by atoms with Crippen molar-refractivity contribution in [2.75, 3.05) is 32.7 Å². The van der Waals surface area contributed by atoms with Gasteiger partial charge >= 0.3 is 0 Å². The van der Waals surface area contributed by atoms with E-state index >= 15 is 38.4 Å². The molecule has 5 aromatic rings. The van der Waals surface area contributed by atoms with Gasteiger partial charge in [0, 0.05) is 99.0 Å². The van der Waals surface area contributed by atoms with Gasteiger partial charge in [-0.1, -0.05) is 85.4 Å². The number of benzene rings is 3. The fourth-order valence-corrected chi connectivity index (χ4v) is 13.1. The zero-order valence-corrected chi connectivity index (χ0v) is 57.5. The van der Waals surface area contributed by atoms with E-state index in [4.69, 9.17) is 28.7 Å². The number of H-pyrrole nitrogens is 2. The summed E-state index contributed by atoms with van der Waals surface area (Å²) in [6.07, 6.45) is 5.05. The number of allylic oxidation sites excluding steroid dienone is 1. The first-order chi connectivity index (χ1) is 49.0. The largest absolute Gasteiger partial charge is 0.378 e. The Morgan fingerprint density at radius 2 is 1.15 bits per heavy atom. The number of carbonyl (C=O) groups is 11. The molecule has 10 atom stereocenters. The molecule has 0 unspecified atom stereocenters. The zero-order valence-electron chi connectivity index (χ0n) is 57.5. The molecule has 31 nitrogen and oxygen atoms in total. The molecule has 0 saturated carbocycles. The quantitative estimate of drug-likeness (QED) is 0.0187. The van der Waals surface area contributed by atoms with Gasteiger partial charge in [0.15, 0.2) is 17.7 Å². The first kappa shape index (κ1) is 76.6. The summed E-state index contributed by atoms with van der Waals surface area (Å²) in [4.78, 5) is 184. The fourth-order valence-electron chi connectivity index (χ4n) is 13.1. The molecule has 31 heteroatoms. The van der Waals surface area contributed by atoms with Gasteiger partial charge in [-0.25, -0.2) is 4.98 Å². The molecule has 3 aromatic carbocycles. The molecule has 3 saturated heterocycles. The number of unbranched alkanes of at least 4 members (excludes halogenated alkanes) is 1. The van der Waals surface area contributed by atoms with Crippen molar-refractivity contribution in [3.8, 4) is 0 Å². The third-order valence-electron chi connectivity index (χ3n) is 18.3. The SMILES string of the molecule is C=C(C)N[C@@H](CCCN=C(N)N)C(=O)NCCCC[C@@H]1NC(=O)[C@H](CC(N)=O)NC(=O)[C@H](Cc2c[nH]c3ccccc23)NC(=O)[C@H](CCCN=C(N)N)CC(=O)[C@@H](Cc2ccccc2)NC(=O)[C@H](Cc2cnc[nH]2)NC(=O)[C@@H]2CCCN2C(=O)[C@H]2CCCN2C(=O)[C@H](Cc2ccccc2)NC1=O. The molecule has 20 N–H and O–H groups in total. The number of hydrogen-bond acceptors (Lipinski definition) is 15. The minimum Gasteiger partial charge on any atom is -0.378 e. The number of nitrogens with two attached hydrogens (primary N) is 5. The van der Waals surface area contributed by atoms with Crippen LogP contribution in [0, 0.1) is 5.92 Å². The second kappa shape index (κ2) is 37.9. The third kappa shape index (κ3) is 22.7. The van der Waals surface area contributed by atoms with Crippen molar-refractivity contribution in [1.29, 1.82) is 0 Å². The van der Waals surface area contributed by atoms with Crippen LogP contribution in [-0.2, 0) is 78.4 Å². The minimum atomic E-state index is -1.80. The van der Waals surface area contributed by atoms with Crippen LogP contribution < -0.4 is 71.2 Å². The maximum absolute atomic E-state index is 15.4. The van der Waals surface area contributed by atoms with Crippen LogP contribution in [0.25, 0.3) is 10.9 Å². The number of Topliss-reactive ketones (excluding diaryl/α,β-unsaturated/α-hetero) is 1. The van der Waals surface area contributed by atoms with Crippen molar-refractivity contribution in [2.45, 2.75) is 170 Å². The lowest BCUT2D eigenvalue weighted by Gasteiger charge is -2.34. The second-order valence-corrected chi connectivity index (χ2v) is 26.2. The van der Waals surface area contributed by atoms with Crippen molar-refractivity contribution >= 4 is 87.7 Å². The highest BCUT2D eigenvalue weighted by Gasteiger charge is 2.45. The molecule has 0 bridgehead atoms. The Morgan fingerprint density at radius 3 is 1.79 bits per heavy atom. The highest BCUT2D eigenvalue weighted by atomic mass is 16.2. The summed E-state index contributed by atoms with van der Waals surface area (Å²) >= 11 is 0.